The van der Waals surface area contributed by atoms with E-state index in [0.29, 0.717) is 34.9 Å². The highest BCUT2D eigenvalue weighted by molar-refractivity contribution is 5.98. The summed E-state index contributed by atoms with van der Waals surface area (Å²) in [6.45, 7) is 1.53. The Balaban J connectivity index is 1.66. The molecule has 0 spiro atoms. The van der Waals surface area contributed by atoms with Crippen LogP contribution in [0.5, 0.6) is 17.2 Å². The number of carbonyl (C=O) groups excluding carboxylic acids is 1. The largest absolute Gasteiger partial charge is 0.493 e. The van der Waals surface area contributed by atoms with Gasteiger partial charge in [-0.2, -0.15) is 0 Å². The third-order valence-corrected chi connectivity index (χ3v) is 5.54. The van der Waals surface area contributed by atoms with Gasteiger partial charge in [0.25, 0.3) is 5.91 Å². The molecule has 0 bridgehead atoms. The number of piperidine rings is 1. The molecule has 144 valence electrons. The van der Waals surface area contributed by atoms with Gasteiger partial charge in [-0.3, -0.25) is 4.79 Å². The van der Waals surface area contributed by atoms with Crippen molar-refractivity contribution in [3.63, 3.8) is 0 Å². The van der Waals surface area contributed by atoms with Gasteiger partial charge in [-0.1, -0.05) is 12.8 Å². The van der Waals surface area contributed by atoms with E-state index in [1.165, 1.54) is 25.7 Å². The fourth-order valence-corrected chi connectivity index (χ4v) is 4.12. The zero-order valence-corrected chi connectivity index (χ0v) is 16.0. The van der Waals surface area contributed by atoms with Crippen molar-refractivity contribution in [2.75, 3.05) is 34.4 Å². The van der Waals surface area contributed by atoms with Gasteiger partial charge >= 0.3 is 0 Å². The number of amides is 1. The van der Waals surface area contributed by atoms with Crippen LogP contribution in [0.25, 0.3) is 0 Å². The van der Waals surface area contributed by atoms with Crippen LogP contribution in [0, 0.1) is 0 Å². The van der Waals surface area contributed by atoms with Gasteiger partial charge in [0.05, 0.1) is 26.9 Å². The number of nitrogens with zero attached hydrogens (tertiary/aromatic N) is 1. The van der Waals surface area contributed by atoms with Gasteiger partial charge in [0.2, 0.25) is 5.75 Å². The van der Waals surface area contributed by atoms with Crippen LogP contribution in [0.2, 0.25) is 0 Å². The first kappa shape index (κ1) is 18.8. The second kappa shape index (κ2) is 8.62. The zero-order valence-electron chi connectivity index (χ0n) is 16.0. The molecule has 1 saturated carbocycles. The molecule has 1 amide bonds. The maximum atomic E-state index is 13.0. The standard InChI is InChI=1S/C20H30N2O4/c1-24-17-9-8-16(18(25-2)19(17)26-3)20(23)22-12-10-15(11-13-22)21-14-6-4-5-7-14/h8-9,14-15,21H,4-7,10-13H2,1-3H3. The minimum Gasteiger partial charge on any atom is -0.493 e. The van der Waals surface area contributed by atoms with Gasteiger partial charge in [-0.25, -0.2) is 0 Å². The van der Waals surface area contributed by atoms with E-state index >= 15 is 0 Å². The monoisotopic (exact) mass is 362 g/mol. The molecule has 6 nitrogen and oxygen atoms in total. The number of carbonyl (C=O) groups is 1. The van der Waals surface area contributed by atoms with Crippen molar-refractivity contribution in [3.8, 4) is 17.2 Å². The van der Waals surface area contributed by atoms with Crippen molar-refractivity contribution in [1.82, 2.24) is 10.2 Å². The van der Waals surface area contributed by atoms with Crippen molar-refractivity contribution in [3.05, 3.63) is 17.7 Å². The molecule has 26 heavy (non-hydrogen) atoms. The van der Waals surface area contributed by atoms with Gasteiger partial charge in [0.1, 0.15) is 0 Å². The van der Waals surface area contributed by atoms with E-state index in [1.807, 2.05) is 4.90 Å². The maximum absolute atomic E-state index is 13.0. The minimum absolute atomic E-state index is 0.0119. The van der Waals surface area contributed by atoms with Crippen molar-refractivity contribution >= 4 is 5.91 Å². The van der Waals surface area contributed by atoms with Crippen LogP contribution >= 0.6 is 0 Å². The van der Waals surface area contributed by atoms with Gasteiger partial charge in [-0.05, 0) is 37.8 Å². The highest BCUT2D eigenvalue weighted by atomic mass is 16.5. The first-order valence-corrected chi connectivity index (χ1v) is 9.52. The van der Waals surface area contributed by atoms with Gasteiger partial charge in [0, 0.05) is 25.2 Å². The summed E-state index contributed by atoms with van der Waals surface area (Å²) in [5.41, 5.74) is 0.521. The van der Waals surface area contributed by atoms with E-state index in [1.54, 1.807) is 33.5 Å². The Hall–Kier alpha value is -1.95. The van der Waals surface area contributed by atoms with Crippen molar-refractivity contribution in [2.45, 2.75) is 50.6 Å². The number of methoxy groups -OCH3 is 3. The predicted octanol–water partition coefficient (Wildman–Crippen LogP) is 2.85. The zero-order chi connectivity index (χ0) is 18.5. The molecule has 1 saturated heterocycles. The van der Waals surface area contributed by atoms with E-state index in [4.69, 9.17) is 14.2 Å². The topological polar surface area (TPSA) is 60.0 Å². The molecule has 0 unspecified atom stereocenters. The van der Waals surface area contributed by atoms with Crippen LogP contribution in [0.3, 0.4) is 0 Å². The van der Waals surface area contributed by atoms with E-state index in [0.717, 1.165) is 25.9 Å². The minimum atomic E-state index is -0.0119. The summed E-state index contributed by atoms with van der Waals surface area (Å²) < 4.78 is 16.2. The summed E-state index contributed by atoms with van der Waals surface area (Å²) in [5.74, 6) is 1.43. The average Bonchev–Trinajstić information content (AvgIpc) is 3.19. The van der Waals surface area contributed by atoms with Crippen molar-refractivity contribution in [1.29, 1.82) is 0 Å². The number of benzene rings is 1. The molecular weight excluding hydrogens is 332 g/mol. The SMILES string of the molecule is COc1ccc(C(=O)N2CCC(NC3CCCC3)CC2)c(OC)c1OC. The molecule has 0 radical (unpaired) electrons. The Bertz CT molecular complexity index is 620. The molecule has 2 fully saturated rings. The van der Waals surface area contributed by atoms with E-state index in [2.05, 4.69) is 5.32 Å². The summed E-state index contributed by atoms with van der Waals surface area (Å²) in [6.07, 6.45) is 7.27. The summed E-state index contributed by atoms with van der Waals surface area (Å²) in [5, 5.41) is 3.77. The molecule has 1 aliphatic heterocycles. The summed E-state index contributed by atoms with van der Waals surface area (Å²) in [4.78, 5) is 14.9. The van der Waals surface area contributed by atoms with Crippen LogP contribution in [-0.2, 0) is 0 Å². The number of rotatable bonds is 6. The Morgan fingerprint density at radius 2 is 1.54 bits per heavy atom. The molecule has 6 heteroatoms. The smallest absolute Gasteiger partial charge is 0.257 e. The normalized spacial score (nSPS) is 18.8. The van der Waals surface area contributed by atoms with Gasteiger partial charge in [0.15, 0.2) is 11.5 Å². The van der Waals surface area contributed by atoms with Crippen molar-refractivity contribution < 1.29 is 19.0 Å². The van der Waals surface area contributed by atoms with Gasteiger partial charge < -0.3 is 24.4 Å². The first-order valence-electron chi connectivity index (χ1n) is 9.52. The number of likely N-dealkylation sites (tertiary alicyclic amines) is 1. The molecule has 1 aromatic rings. The van der Waals surface area contributed by atoms with Gasteiger partial charge in [-0.15, -0.1) is 0 Å². The molecule has 3 rings (SSSR count). The summed E-state index contributed by atoms with van der Waals surface area (Å²) in [6, 6.07) is 4.71. The molecule has 0 aromatic heterocycles. The van der Waals surface area contributed by atoms with E-state index in [-0.39, 0.29) is 5.91 Å². The number of hydrogen-bond acceptors (Lipinski definition) is 5. The lowest BCUT2D eigenvalue weighted by molar-refractivity contribution is 0.0698. The third kappa shape index (κ3) is 3.90. The highest BCUT2D eigenvalue weighted by Gasteiger charge is 2.29. The fourth-order valence-electron chi connectivity index (χ4n) is 4.12. The third-order valence-electron chi connectivity index (χ3n) is 5.54. The number of ether oxygens (including phenoxy) is 3. The van der Waals surface area contributed by atoms with Crippen LogP contribution in [0.4, 0.5) is 0 Å². The Labute approximate surface area is 155 Å². The molecule has 0 atom stereocenters. The van der Waals surface area contributed by atoms with Crippen LogP contribution in [0.15, 0.2) is 12.1 Å². The molecule has 2 aliphatic rings. The van der Waals surface area contributed by atoms with Crippen LogP contribution in [-0.4, -0.2) is 57.3 Å². The molecule has 1 aromatic carbocycles. The predicted molar refractivity (Wildman–Crippen MR) is 100 cm³/mol. The second-order valence-electron chi connectivity index (χ2n) is 7.10. The molecule has 1 N–H and O–H groups in total. The molecular formula is C20H30N2O4. The first-order chi connectivity index (χ1) is 12.7. The average molecular weight is 362 g/mol. The van der Waals surface area contributed by atoms with Crippen LogP contribution < -0.4 is 19.5 Å². The van der Waals surface area contributed by atoms with E-state index < -0.39 is 0 Å². The maximum Gasteiger partial charge on any atom is 0.257 e. The summed E-state index contributed by atoms with van der Waals surface area (Å²) >= 11 is 0. The molecule has 1 aliphatic carbocycles. The quantitative estimate of drug-likeness (QED) is 0.843. The van der Waals surface area contributed by atoms with E-state index in [9.17, 15) is 4.79 Å². The number of nitrogens with one attached hydrogen (secondary N) is 1. The summed E-state index contributed by atoms with van der Waals surface area (Å²) in [7, 11) is 4.67. The Kier molecular flexibility index (Phi) is 6.25. The lowest BCUT2D eigenvalue weighted by Crippen LogP contribution is -2.47. The van der Waals surface area contributed by atoms with Crippen LogP contribution in [0.1, 0.15) is 48.9 Å². The van der Waals surface area contributed by atoms with Crippen molar-refractivity contribution in [2.24, 2.45) is 0 Å². The highest BCUT2D eigenvalue weighted by Crippen LogP contribution is 2.40. The fraction of sp³-hybridized carbons (Fsp3) is 0.650. The lowest BCUT2D eigenvalue weighted by Gasteiger charge is -2.34. The second-order valence-corrected chi connectivity index (χ2v) is 7.10. The lowest BCUT2D eigenvalue weighted by atomic mass is 10.0. The Morgan fingerprint density at radius 1 is 0.923 bits per heavy atom. The molecule has 1 heterocycles. The Morgan fingerprint density at radius 3 is 2.12 bits per heavy atom. The number of hydrogen-bond donors (Lipinski definition) is 1.